The zero-order valence-electron chi connectivity index (χ0n) is 20.9. The molecule has 0 aliphatic heterocycles. The molecular weight excluding hydrogens is 450 g/mol. The molecule has 5 rings (SSSR count). The molecular formula is C30H33N3O3. The van der Waals surface area contributed by atoms with Gasteiger partial charge in [0.1, 0.15) is 17.2 Å². The summed E-state index contributed by atoms with van der Waals surface area (Å²) in [7, 11) is 3.56. The van der Waals surface area contributed by atoms with Crippen LogP contribution in [0, 0.1) is 0 Å². The number of benzene rings is 3. The lowest BCUT2D eigenvalue weighted by Crippen LogP contribution is -2.35. The summed E-state index contributed by atoms with van der Waals surface area (Å²) in [6.07, 6.45) is 2.47. The van der Waals surface area contributed by atoms with Gasteiger partial charge < -0.3 is 14.6 Å². The minimum Gasteiger partial charge on any atom is -0.497 e. The maximum absolute atomic E-state index is 11.0. The highest BCUT2D eigenvalue weighted by atomic mass is 16.5. The maximum atomic E-state index is 11.0. The number of aliphatic hydroxyl groups is 1. The molecule has 0 spiro atoms. The molecule has 4 aromatic rings. The topological polar surface area (TPSA) is 59.8 Å². The lowest BCUT2D eigenvalue weighted by Gasteiger charge is -2.25. The van der Waals surface area contributed by atoms with Crippen LogP contribution < -0.4 is 9.47 Å². The zero-order valence-corrected chi connectivity index (χ0v) is 20.9. The Morgan fingerprint density at radius 1 is 0.972 bits per heavy atom. The van der Waals surface area contributed by atoms with E-state index in [0.29, 0.717) is 37.2 Å². The van der Waals surface area contributed by atoms with Gasteiger partial charge in [0.2, 0.25) is 5.88 Å². The van der Waals surface area contributed by atoms with E-state index in [1.54, 1.807) is 7.11 Å². The molecule has 0 radical (unpaired) electrons. The van der Waals surface area contributed by atoms with E-state index in [0.717, 1.165) is 41.0 Å². The Balaban J connectivity index is 1.45. The van der Waals surface area contributed by atoms with Crippen molar-refractivity contribution in [3.63, 3.8) is 0 Å². The summed E-state index contributed by atoms with van der Waals surface area (Å²) in [5.74, 6) is 2.13. The van der Waals surface area contributed by atoms with Crippen molar-refractivity contribution in [1.29, 1.82) is 0 Å². The molecule has 6 nitrogen and oxygen atoms in total. The molecule has 6 heteroatoms. The van der Waals surface area contributed by atoms with Gasteiger partial charge in [-0.3, -0.25) is 4.90 Å². The maximum Gasteiger partial charge on any atom is 0.222 e. The summed E-state index contributed by atoms with van der Waals surface area (Å²) in [6, 6.07) is 28.5. The molecule has 3 aromatic carbocycles. The Hall–Kier alpha value is -3.61. The Labute approximate surface area is 212 Å². The molecule has 0 amide bonds. The largest absolute Gasteiger partial charge is 0.497 e. The van der Waals surface area contributed by atoms with Crippen molar-refractivity contribution in [2.45, 2.75) is 38.0 Å². The summed E-state index contributed by atoms with van der Waals surface area (Å²) >= 11 is 0. The summed E-state index contributed by atoms with van der Waals surface area (Å²) in [5.41, 5.74) is 4.11. The Morgan fingerprint density at radius 2 is 1.67 bits per heavy atom. The highest BCUT2D eigenvalue weighted by Gasteiger charge is 2.33. The standard InChI is InChI=1S/C30H33N3O3/c1-32-30(36-27-15-9-14-26(19-27)35-2)28(29(31-32)23-12-7-4-8-13-23)21-33(24-16-17-24)20-25(34)18-22-10-5-3-6-11-22/h3-15,19,24-25,34H,16-18,20-21H2,1-2H3/t25-/m0/s1. The van der Waals surface area contributed by atoms with Crippen molar-refractivity contribution < 1.29 is 14.6 Å². The first-order valence-electron chi connectivity index (χ1n) is 12.5. The first kappa shape index (κ1) is 24.1. The van der Waals surface area contributed by atoms with Crippen LogP contribution >= 0.6 is 0 Å². The van der Waals surface area contributed by atoms with Crippen LogP contribution in [0.1, 0.15) is 24.0 Å². The molecule has 1 aliphatic carbocycles. The van der Waals surface area contributed by atoms with E-state index in [2.05, 4.69) is 29.2 Å². The third kappa shape index (κ3) is 5.78. The van der Waals surface area contributed by atoms with Crippen LogP contribution in [0.15, 0.2) is 84.9 Å². The average Bonchev–Trinajstić information content (AvgIpc) is 3.71. The summed E-state index contributed by atoms with van der Waals surface area (Å²) in [4.78, 5) is 2.38. The van der Waals surface area contributed by atoms with Gasteiger partial charge in [-0.2, -0.15) is 5.10 Å². The molecule has 1 fully saturated rings. The second kappa shape index (κ2) is 11.0. The number of nitrogens with zero attached hydrogens (tertiary/aromatic N) is 3. The number of rotatable bonds is 11. The van der Waals surface area contributed by atoms with Crippen LogP contribution in [0.4, 0.5) is 0 Å². The molecule has 0 unspecified atom stereocenters. The van der Waals surface area contributed by atoms with Gasteiger partial charge in [0.15, 0.2) is 0 Å². The summed E-state index contributed by atoms with van der Waals surface area (Å²) in [6.45, 7) is 1.25. The van der Waals surface area contributed by atoms with Crippen LogP contribution in [0.2, 0.25) is 0 Å². The molecule has 1 aliphatic rings. The molecule has 36 heavy (non-hydrogen) atoms. The number of hydrogen-bond acceptors (Lipinski definition) is 5. The van der Waals surface area contributed by atoms with Crippen molar-refractivity contribution >= 4 is 0 Å². The van der Waals surface area contributed by atoms with Crippen molar-refractivity contribution in [2.75, 3.05) is 13.7 Å². The molecule has 1 atom stereocenters. The first-order chi connectivity index (χ1) is 17.6. The van der Waals surface area contributed by atoms with E-state index >= 15 is 0 Å². The average molecular weight is 484 g/mol. The predicted octanol–water partition coefficient (Wildman–Crippen LogP) is 5.46. The van der Waals surface area contributed by atoms with Crippen LogP contribution in [-0.2, 0) is 20.0 Å². The second-order valence-electron chi connectivity index (χ2n) is 9.41. The fourth-order valence-electron chi connectivity index (χ4n) is 4.63. The molecule has 1 saturated carbocycles. The van der Waals surface area contributed by atoms with Gasteiger partial charge in [-0.15, -0.1) is 0 Å². The monoisotopic (exact) mass is 483 g/mol. The zero-order chi connectivity index (χ0) is 24.9. The van der Waals surface area contributed by atoms with Gasteiger partial charge in [0, 0.05) is 37.8 Å². The summed E-state index contributed by atoms with van der Waals surface area (Å²) < 4.78 is 13.6. The predicted molar refractivity (Wildman–Crippen MR) is 141 cm³/mol. The minimum absolute atomic E-state index is 0.451. The van der Waals surface area contributed by atoms with Gasteiger partial charge in [-0.05, 0) is 37.0 Å². The van der Waals surface area contributed by atoms with E-state index < -0.39 is 6.10 Å². The van der Waals surface area contributed by atoms with Gasteiger partial charge in [0.25, 0.3) is 0 Å². The third-order valence-electron chi connectivity index (χ3n) is 6.57. The quantitative estimate of drug-likeness (QED) is 0.307. The van der Waals surface area contributed by atoms with E-state index in [1.807, 2.05) is 72.4 Å². The van der Waals surface area contributed by atoms with Crippen LogP contribution in [0.5, 0.6) is 17.4 Å². The van der Waals surface area contributed by atoms with Crippen LogP contribution in [0.25, 0.3) is 11.3 Å². The number of aliphatic hydroxyl groups excluding tert-OH is 1. The molecule has 0 saturated heterocycles. The lowest BCUT2D eigenvalue weighted by molar-refractivity contribution is 0.104. The van der Waals surface area contributed by atoms with Gasteiger partial charge in [0.05, 0.1) is 18.8 Å². The van der Waals surface area contributed by atoms with Gasteiger partial charge in [-0.25, -0.2) is 4.68 Å². The van der Waals surface area contributed by atoms with E-state index in [4.69, 9.17) is 14.6 Å². The van der Waals surface area contributed by atoms with Crippen molar-refractivity contribution in [3.05, 3.63) is 96.1 Å². The highest BCUT2D eigenvalue weighted by molar-refractivity contribution is 5.65. The fraction of sp³-hybridized carbons (Fsp3) is 0.300. The van der Waals surface area contributed by atoms with E-state index in [9.17, 15) is 5.11 Å². The van der Waals surface area contributed by atoms with Gasteiger partial charge >= 0.3 is 0 Å². The van der Waals surface area contributed by atoms with Crippen molar-refractivity contribution in [3.8, 4) is 28.6 Å². The highest BCUT2D eigenvalue weighted by Crippen LogP contribution is 2.37. The molecule has 1 heterocycles. The third-order valence-corrected chi connectivity index (χ3v) is 6.57. The Bertz CT molecular complexity index is 1270. The Morgan fingerprint density at radius 3 is 2.36 bits per heavy atom. The number of aromatic nitrogens is 2. The number of ether oxygens (including phenoxy) is 2. The number of methoxy groups -OCH3 is 1. The van der Waals surface area contributed by atoms with Crippen LogP contribution in [0.3, 0.4) is 0 Å². The molecule has 0 bridgehead atoms. The van der Waals surface area contributed by atoms with Gasteiger partial charge in [-0.1, -0.05) is 66.7 Å². The second-order valence-corrected chi connectivity index (χ2v) is 9.41. The fourth-order valence-corrected chi connectivity index (χ4v) is 4.63. The molecule has 186 valence electrons. The lowest BCUT2D eigenvalue weighted by atomic mass is 10.1. The molecule has 1 aromatic heterocycles. The number of aryl methyl sites for hydroxylation is 1. The summed E-state index contributed by atoms with van der Waals surface area (Å²) in [5, 5.41) is 15.8. The SMILES string of the molecule is COc1cccc(Oc2c(CN(C[C@@H](O)Cc3ccccc3)C3CC3)c(-c3ccccc3)nn2C)c1. The van der Waals surface area contributed by atoms with Crippen molar-refractivity contribution in [1.82, 2.24) is 14.7 Å². The smallest absolute Gasteiger partial charge is 0.222 e. The van der Waals surface area contributed by atoms with Crippen molar-refractivity contribution in [2.24, 2.45) is 7.05 Å². The van der Waals surface area contributed by atoms with Crippen LogP contribution in [-0.4, -0.2) is 45.6 Å². The number of hydrogen-bond donors (Lipinski definition) is 1. The van der Waals surface area contributed by atoms with E-state index in [1.165, 1.54) is 0 Å². The normalized spacial score (nSPS) is 14.1. The molecule has 1 N–H and O–H groups in total. The Kier molecular flexibility index (Phi) is 7.35. The minimum atomic E-state index is -0.451. The first-order valence-corrected chi connectivity index (χ1v) is 12.5. The van der Waals surface area contributed by atoms with E-state index in [-0.39, 0.29) is 0 Å².